The Balaban J connectivity index is 1.50. The molecule has 27 heavy (non-hydrogen) atoms. The van der Waals surface area contributed by atoms with Crippen molar-refractivity contribution in [2.24, 2.45) is 34.5 Å². The Kier molecular flexibility index (Phi) is 4.19. The number of benzene rings is 1. The van der Waals surface area contributed by atoms with E-state index in [1.54, 1.807) is 11.1 Å². The Bertz CT molecular complexity index is 756. The van der Waals surface area contributed by atoms with E-state index in [0.717, 1.165) is 23.7 Å². The Morgan fingerprint density at radius 1 is 0.963 bits per heavy atom. The van der Waals surface area contributed by atoms with Crippen LogP contribution >= 0.6 is 0 Å². The average molecular weight is 361 g/mol. The van der Waals surface area contributed by atoms with E-state index in [9.17, 15) is 0 Å². The van der Waals surface area contributed by atoms with Gasteiger partial charge in [0.25, 0.3) is 0 Å². The molecule has 3 unspecified atom stereocenters. The molecule has 0 heteroatoms. The molecular formula is C27H36. The van der Waals surface area contributed by atoms with E-state index in [1.165, 1.54) is 63.4 Å². The van der Waals surface area contributed by atoms with Crippen molar-refractivity contribution in [2.75, 3.05) is 0 Å². The smallest absolute Gasteiger partial charge is 0.0216 e. The van der Waals surface area contributed by atoms with Crippen LogP contribution in [0.5, 0.6) is 0 Å². The molecule has 0 heterocycles. The summed E-state index contributed by atoms with van der Waals surface area (Å²) < 4.78 is 0. The first-order valence-electron chi connectivity index (χ1n) is 11.4. The second-order valence-corrected chi connectivity index (χ2v) is 10.7. The van der Waals surface area contributed by atoms with Gasteiger partial charge in [0, 0.05) is 0 Å². The summed E-state index contributed by atoms with van der Waals surface area (Å²) in [6.45, 7) is 9.53. The lowest BCUT2D eigenvalue weighted by Crippen LogP contribution is -2.52. The van der Waals surface area contributed by atoms with Crippen LogP contribution in [0.15, 0.2) is 48.6 Å². The molecule has 0 amide bonds. The van der Waals surface area contributed by atoms with Gasteiger partial charge < -0.3 is 0 Å². The average Bonchev–Trinajstić information content (AvgIpc) is 3.09. The first-order chi connectivity index (χ1) is 13.0. The van der Waals surface area contributed by atoms with Crippen LogP contribution in [0.25, 0.3) is 5.57 Å². The van der Waals surface area contributed by atoms with E-state index in [2.05, 4.69) is 56.8 Å². The Morgan fingerprint density at radius 2 is 1.78 bits per heavy atom. The predicted octanol–water partition coefficient (Wildman–Crippen LogP) is 7.67. The fraction of sp³-hybridized carbons (Fsp3) is 0.630. The highest BCUT2D eigenvalue weighted by Crippen LogP contribution is 2.67. The van der Waals surface area contributed by atoms with Gasteiger partial charge in [0.15, 0.2) is 0 Å². The molecule has 3 saturated carbocycles. The van der Waals surface area contributed by atoms with Crippen molar-refractivity contribution >= 4 is 5.57 Å². The zero-order valence-corrected chi connectivity index (χ0v) is 17.3. The molecule has 1 aromatic carbocycles. The van der Waals surface area contributed by atoms with Crippen LogP contribution in [-0.4, -0.2) is 0 Å². The third-order valence-corrected chi connectivity index (χ3v) is 9.62. The van der Waals surface area contributed by atoms with Gasteiger partial charge in [-0.15, -0.1) is 0 Å². The topological polar surface area (TPSA) is 0 Å². The molecule has 144 valence electrons. The molecule has 0 bridgehead atoms. The van der Waals surface area contributed by atoms with Gasteiger partial charge in [0.1, 0.15) is 0 Å². The summed E-state index contributed by atoms with van der Waals surface area (Å²) in [5.41, 5.74) is 5.73. The number of hydrogen-bond donors (Lipinski definition) is 0. The van der Waals surface area contributed by atoms with Crippen LogP contribution in [-0.2, 0) is 0 Å². The Labute approximate surface area is 166 Å². The van der Waals surface area contributed by atoms with E-state index in [4.69, 9.17) is 0 Å². The summed E-state index contributed by atoms with van der Waals surface area (Å²) >= 11 is 0. The van der Waals surface area contributed by atoms with E-state index < -0.39 is 0 Å². The van der Waals surface area contributed by atoms with Crippen molar-refractivity contribution in [1.29, 1.82) is 0 Å². The van der Waals surface area contributed by atoms with Crippen LogP contribution in [0, 0.1) is 34.5 Å². The zero-order chi connectivity index (χ0) is 18.6. The van der Waals surface area contributed by atoms with Crippen LogP contribution in [0.2, 0.25) is 0 Å². The van der Waals surface area contributed by atoms with Gasteiger partial charge in [-0.05, 0) is 103 Å². The first kappa shape index (κ1) is 17.8. The third-order valence-electron chi connectivity index (χ3n) is 9.62. The SMILES string of the molecule is C=CC1=C(c2ccccc2)C[C@@H]2CCC3C4CCC[C@@]4(C)CCC3[C@@]2(C)C1. The van der Waals surface area contributed by atoms with Crippen LogP contribution in [0.4, 0.5) is 0 Å². The summed E-state index contributed by atoms with van der Waals surface area (Å²) in [4.78, 5) is 0. The van der Waals surface area contributed by atoms with Crippen molar-refractivity contribution in [1.82, 2.24) is 0 Å². The van der Waals surface area contributed by atoms with Crippen LogP contribution in [0.3, 0.4) is 0 Å². The summed E-state index contributed by atoms with van der Waals surface area (Å²) in [5.74, 6) is 3.82. The lowest BCUT2D eigenvalue weighted by atomic mass is 9.45. The molecule has 0 radical (unpaired) electrons. The molecule has 5 rings (SSSR count). The minimum absolute atomic E-state index is 0.495. The van der Waals surface area contributed by atoms with Crippen LogP contribution < -0.4 is 0 Å². The summed E-state index contributed by atoms with van der Waals surface area (Å²) in [6, 6.07) is 11.1. The molecule has 0 aliphatic heterocycles. The molecular weight excluding hydrogens is 324 g/mol. The fourth-order valence-corrected chi connectivity index (χ4v) is 8.17. The molecule has 4 aliphatic rings. The Morgan fingerprint density at radius 3 is 2.56 bits per heavy atom. The minimum atomic E-state index is 0.495. The second-order valence-electron chi connectivity index (χ2n) is 10.7. The largest absolute Gasteiger partial charge is 0.0988 e. The maximum absolute atomic E-state index is 4.24. The van der Waals surface area contributed by atoms with Gasteiger partial charge >= 0.3 is 0 Å². The van der Waals surface area contributed by atoms with Crippen molar-refractivity contribution in [3.63, 3.8) is 0 Å². The maximum Gasteiger partial charge on any atom is -0.0216 e. The molecule has 0 saturated heterocycles. The molecule has 0 aromatic heterocycles. The van der Waals surface area contributed by atoms with E-state index in [-0.39, 0.29) is 0 Å². The Hall–Kier alpha value is -1.30. The predicted molar refractivity (Wildman–Crippen MR) is 115 cm³/mol. The van der Waals surface area contributed by atoms with E-state index in [0.29, 0.717) is 10.8 Å². The maximum atomic E-state index is 4.24. The molecule has 3 fully saturated rings. The zero-order valence-electron chi connectivity index (χ0n) is 17.3. The van der Waals surface area contributed by atoms with Crippen molar-refractivity contribution in [3.05, 3.63) is 54.1 Å². The van der Waals surface area contributed by atoms with Gasteiger partial charge in [0.2, 0.25) is 0 Å². The summed E-state index contributed by atoms with van der Waals surface area (Å²) in [5, 5.41) is 0. The minimum Gasteiger partial charge on any atom is -0.0988 e. The monoisotopic (exact) mass is 360 g/mol. The lowest BCUT2D eigenvalue weighted by molar-refractivity contribution is -0.0871. The third kappa shape index (κ3) is 2.62. The number of hydrogen-bond acceptors (Lipinski definition) is 0. The van der Waals surface area contributed by atoms with Crippen molar-refractivity contribution < 1.29 is 0 Å². The highest BCUT2D eigenvalue weighted by molar-refractivity contribution is 5.72. The summed E-state index contributed by atoms with van der Waals surface area (Å²) in [6.07, 6.45) is 15.1. The van der Waals surface area contributed by atoms with Gasteiger partial charge in [-0.3, -0.25) is 0 Å². The second kappa shape index (κ2) is 6.36. The number of fused-ring (bicyclic) bond motifs is 5. The molecule has 6 atom stereocenters. The van der Waals surface area contributed by atoms with E-state index >= 15 is 0 Å². The van der Waals surface area contributed by atoms with Gasteiger partial charge in [0.05, 0.1) is 0 Å². The molecule has 0 nitrogen and oxygen atoms in total. The van der Waals surface area contributed by atoms with Crippen molar-refractivity contribution in [2.45, 2.75) is 71.6 Å². The van der Waals surface area contributed by atoms with E-state index in [1.807, 2.05) is 0 Å². The van der Waals surface area contributed by atoms with Crippen molar-refractivity contribution in [3.8, 4) is 0 Å². The first-order valence-corrected chi connectivity index (χ1v) is 11.4. The van der Waals surface area contributed by atoms with Gasteiger partial charge in [-0.1, -0.05) is 63.3 Å². The lowest BCUT2D eigenvalue weighted by Gasteiger charge is -2.60. The molecule has 4 aliphatic carbocycles. The standard InChI is InChI=1S/C27H36/c1-4-19-18-27(3)21(17-23(19)20-9-6-5-7-10-20)12-13-22-24-11-8-15-26(24,2)16-14-25(22)27/h4-7,9-10,21-22,24-25H,1,8,11-18H2,2-3H3/t21-,22?,24?,25?,26-,27-/m0/s1. The van der Waals surface area contributed by atoms with Gasteiger partial charge in [-0.25, -0.2) is 0 Å². The molecule has 0 N–H and O–H groups in total. The van der Waals surface area contributed by atoms with Crippen LogP contribution in [0.1, 0.15) is 77.2 Å². The number of allylic oxidation sites excluding steroid dienone is 3. The fourth-order valence-electron chi connectivity index (χ4n) is 8.17. The highest BCUT2D eigenvalue weighted by Gasteiger charge is 2.57. The quantitative estimate of drug-likeness (QED) is 0.507. The molecule has 1 aromatic rings. The number of rotatable bonds is 2. The molecule has 0 spiro atoms. The van der Waals surface area contributed by atoms with Gasteiger partial charge in [-0.2, -0.15) is 0 Å². The normalized spacial score (nSPS) is 43.6. The summed E-state index contributed by atoms with van der Waals surface area (Å²) in [7, 11) is 0. The highest BCUT2D eigenvalue weighted by atomic mass is 14.6.